The van der Waals surface area contributed by atoms with Gasteiger partial charge in [0.05, 0.1) is 18.7 Å². The molecule has 0 aliphatic carbocycles. The van der Waals surface area contributed by atoms with Gasteiger partial charge in [-0.05, 0) is 44.0 Å². The minimum Gasteiger partial charge on any atom is -0.504 e. The SMILES string of the molecule is CCOc1cc(/C=N\NC(=O)CC[C@@H]2C(=O)NN=C2C)ccc1O. The van der Waals surface area contributed by atoms with Crippen molar-refractivity contribution in [1.29, 1.82) is 0 Å². The molecular formula is C16H20N4O4. The van der Waals surface area contributed by atoms with Gasteiger partial charge in [-0.25, -0.2) is 10.9 Å². The molecule has 0 fully saturated rings. The van der Waals surface area contributed by atoms with Crippen molar-refractivity contribution in [3.8, 4) is 11.5 Å². The maximum atomic E-state index is 11.8. The molecule has 1 aromatic carbocycles. The largest absolute Gasteiger partial charge is 0.504 e. The van der Waals surface area contributed by atoms with Crippen LogP contribution in [-0.2, 0) is 9.59 Å². The molecule has 0 saturated heterocycles. The highest BCUT2D eigenvalue weighted by atomic mass is 16.5. The van der Waals surface area contributed by atoms with Crippen LogP contribution >= 0.6 is 0 Å². The van der Waals surface area contributed by atoms with E-state index in [1.165, 1.54) is 12.3 Å². The number of carbonyl (C=O) groups excluding carboxylic acids is 2. The molecule has 0 aromatic heterocycles. The molecule has 24 heavy (non-hydrogen) atoms. The predicted molar refractivity (Wildman–Crippen MR) is 89.0 cm³/mol. The van der Waals surface area contributed by atoms with Crippen LogP contribution in [0.2, 0.25) is 0 Å². The van der Waals surface area contributed by atoms with Crippen LogP contribution in [-0.4, -0.2) is 35.5 Å². The molecule has 0 radical (unpaired) electrons. The number of phenolic OH excluding ortho intramolecular Hbond substituents is 1. The molecule has 0 bridgehead atoms. The van der Waals surface area contributed by atoms with Gasteiger partial charge in [0.25, 0.3) is 0 Å². The van der Waals surface area contributed by atoms with E-state index in [1.807, 2.05) is 6.92 Å². The highest BCUT2D eigenvalue weighted by Gasteiger charge is 2.26. The van der Waals surface area contributed by atoms with Gasteiger partial charge in [-0.3, -0.25) is 9.59 Å². The second-order valence-electron chi connectivity index (χ2n) is 5.27. The first-order chi connectivity index (χ1) is 11.5. The third-order valence-corrected chi connectivity index (χ3v) is 3.51. The van der Waals surface area contributed by atoms with Crippen molar-refractivity contribution < 1.29 is 19.4 Å². The van der Waals surface area contributed by atoms with Crippen molar-refractivity contribution in [3.05, 3.63) is 23.8 Å². The smallest absolute Gasteiger partial charge is 0.248 e. The number of carbonyl (C=O) groups is 2. The fourth-order valence-electron chi connectivity index (χ4n) is 2.22. The lowest BCUT2D eigenvalue weighted by Gasteiger charge is -2.07. The summed E-state index contributed by atoms with van der Waals surface area (Å²) in [4.78, 5) is 23.3. The van der Waals surface area contributed by atoms with Crippen LogP contribution in [0.4, 0.5) is 0 Å². The summed E-state index contributed by atoms with van der Waals surface area (Å²) in [7, 11) is 0. The molecule has 0 unspecified atom stereocenters. The van der Waals surface area contributed by atoms with E-state index in [-0.39, 0.29) is 29.9 Å². The second-order valence-corrected chi connectivity index (χ2v) is 5.27. The Morgan fingerprint density at radius 3 is 3.00 bits per heavy atom. The van der Waals surface area contributed by atoms with Gasteiger partial charge in [0.15, 0.2) is 11.5 Å². The molecule has 0 saturated carbocycles. The molecule has 1 aromatic rings. The Kier molecular flexibility index (Phi) is 5.89. The minimum absolute atomic E-state index is 0.0462. The molecule has 1 atom stereocenters. The average Bonchev–Trinajstić information content (AvgIpc) is 2.87. The number of hydrogen-bond acceptors (Lipinski definition) is 6. The first-order valence-electron chi connectivity index (χ1n) is 7.63. The highest BCUT2D eigenvalue weighted by molar-refractivity contribution is 6.07. The number of nitrogens with zero attached hydrogens (tertiary/aromatic N) is 2. The van der Waals surface area contributed by atoms with Gasteiger partial charge in [-0.1, -0.05) is 0 Å². The number of ether oxygens (including phenoxy) is 1. The van der Waals surface area contributed by atoms with E-state index >= 15 is 0 Å². The Morgan fingerprint density at radius 2 is 2.33 bits per heavy atom. The molecule has 3 N–H and O–H groups in total. The van der Waals surface area contributed by atoms with Gasteiger partial charge in [-0.15, -0.1) is 0 Å². The number of hydrazone groups is 2. The zero-order valence-electron chi connectivity index (χ0n) is 13.6. The number of rotatable bonds is 7. The zero-order valence-corrected chi connectivity index (χ0v) is 13.6. The van der Waals surface area contributed by atoms with Gasteiger partial charge in [0.1, 0.15) is 0 Å². The van der Waals surface area contributed by atoms with Crippen LogP contribution < -0.4 is 15.6 Å². The Hall–Kier alpha value is -2.90. The standard InChI is InChI=1S/C16H20N4O4/c1-3-24-14-8-11(4-6-13(14)21)9-17-19-15(22)7-5-12-10(2)18-20-16(12)23/h4,6,8-9,12,21H,3,5,7H2,1-2H3,(H,19,22)(H,20,23)/b17-9-/t12-/m0/s1. The van der Waals surface area contributed by atoms with E-state index in [4.69, 9.17) is 4.74 Å². The van der Waals surface area contributed by atoms with Crippen LogP contribution in [0.1, 0.15) is 32.3 Å². The first kappa shape index (κ1) is 17.5. The summed E-state index contributed by atoms with van der Waals surface area (Å²) in [5, 5.41) is 17.3. The molecule has 1 aliphatic rings. The molecule has 128 valence electrons. The van der Waals surface area contributed by atoms with E-state index in [0.29, 0.717) is 30.1 Å². The Balaban J connectivity index is 1.83. The lowest BCUT2D eigenvalue weighted by molar-refractivity contribution is -0.123. The van der Waals surface area contributed by atoms with Crippen molar-refractivity contribution in [2.75, 3.05) is 6.61 Å². The predicted octanol–water partition coefficient (Wildman–Crippen LogP) is 1.14. The maximum Gasteiger partial charge on any atom is 0.248 e. The summed E-state index contributed by atoms with van der Waals surface area (Å²) >= 11 is 0. The number of nitrogens with one attached hydrogen (secondary N) is 2. The number of amides is 2. The molecule has 1 heterocycles. The number of phenols is 1. The van der Waals surface area contributed by atoms with Crippen molar-refractivity contribution in [1.82, 2.24) is 10.9 Å². The Morgan fingerprint density at radius 1 is 1.54 bits per heavy atom. The van der Waals surface area contributed by atoms with Crippen molar-refractivity contribution in [2.45, 2.75) is 26.7 Å². The van der Waals surface area contributed by atoms with Gasteiger partial charge >= 0.3 is 0 Å². The number of aromatic hydroxyl groups is 1. The second kappa shape index (κ2) is 8.09. The molecular weight excluding hydrogens is 312 g/mol. The molecule has 0 spiro atoms. The molecule has 2 amide bonds. The molecule has 8 nitrogen and oxygen atoms in total. The zero-order chi connectivity index (χ0) is 17.5. The monoisotopic (exact) mass is 332 g/mol. The van der Waals surface area contributed by atoms with E-state index in [2.05, 4.69) is 21.1 Å². The van der Waals surface area contributed by atoms with Crippen LogP contribution in [0.5, 0.6) is 11.5 Å². The fourth-order valence-corrected chi connectivity index (χ4v) is 2.22. The maximum absolute atomic E-state index is 11.8. The Bertz CT molecular complexity index is 685. The summed E-state index contributed by atoms with van der Waals surface area (Å²) in [5.74, 6) is -0.427. The summed E-state index contributed by atoms with van der Waals surface area (Å²) < 4.78 is 5.27. The minimum atomic E-state index is -0.356. The molecule has 8 heteroatoms. The van der Waals surface area contributed by atoms with Crippen LogP contribution in [0.25, 0.3) is 0 Å². The van der Waals surface area contributed by atoms with Crippen molar-refractivity contribution in [2.24, 2.45) is 16.1 Å². The lowest BCUT2D eigenvalue weighted by Crippen LogP contribution is -2.25. The number of hydrogen-bond donors (Lipinski definition) is 3. The third kappa shape index (κ3) is 4.55. The summed E-state index contributed by atoms with van der Waals surface area (Å²) in [6.07, 6.45) is 2.01. The summed E-state index contributed by atoms with van der Waals surface area (Å²) in [6.45, 7) is 4.00. The van der Waals surface area contributed by atoms with E-state index in [0.717, 1.165) is 0 Å². The highest BCUT2D eigenvalue weighted by Crippen LogP contribution is 2.26. The van der Waals surface area contributed by atoms with Crippen LogP contribution in [0.15, 0.2) is 28.4 Å². The van der Waals surface area contributed by atoms with Gasteiger partial charge < -0.3 is 9.84 Å². The quantitative estimate of drug-likeness (QED) is 0.513. The van der Waals surface area contributed by atoms with E-state index in [1.54, 1.807) is 19.1 Å². The van der Waals surface area contributed by atoms with Crippen molar-refractivity contribution >= 4 is 23.7 Å². The summed E-state index contributed by atoms with van der Waals surface area (Å²) in [6, 6.07) is 4.77. The first-order valence-corrected chi connectivity index (χ1v) is 7.63. The molecule has 2 rings (SSSR count). The topological polar surface area (TPSA) is 112 Å². The average molecular weight is 332 g/mol. The van der Waals surface area contributed by atoms with Gasteiger partial charge in [0, 0.05) is 12.1 Å². The van der Waals surface area contributed by atoms with Crippen molar-refractivity contribution in [3.63, 3.8) is 0 Å². The van der Waals surface area contributed by atoms with Gasteiger partial charge in [0.2, 0.25) is 11.8 Å². The Labute approximate surface area is 139 Å². The van der Waals surface area contributed by atoms with Gasteiger partial charge in [-0.2, -0.15) is 10.2 Å². The van der Waals surface area contributed by atoms with E-state index < -0.39 is 0 Å². The van der Waals surface area contributed by atoms with Crippen LogP contribution in [0.3, 0.4) is 0 Å². The molecule has 1 aliphatic heterocycles. The third-order valence-electron chi connectivity index (χ3n) is 3.51. The fraction of sp³-hybridized carbons (Fsp3) is 0.375. The normalized spacial score (nSPS) is 16.8. The summed E-state index contributed by atoms with van der Waals surface area (Å²) in [5.41, 5.74) is 6.15. The van der Waals surface area contributed by atoms with E-state index in [9.17, 15) is 14.7 Å². The van der Waals surface area contributed by atoms with Crippen LogP contribution in [0, 0.1) is 5.92 Å². The lowest BCUT2D eigenvalue weighted by atomic mass is 9.99. The number of benzene rings is 1.